The second-order valence-electron chi connectivity index (χ2n) is 30.9. The average molecular weight is 1700 g/mol. The van der Waals surface area contributed by atoms with E-state index in [1.807, 2.05) is 170 Å². The number of piperidine rings is 6. The Morgan fingerprint density at radius 3 is 1.03 bits per heavy atom. The Bertz CT molecular complexity index is 3870. The molecule has 26 atom stereocenters. The second kappa shape index (κ2) is 51.2. The molecule has 7 aliphatic heterocycles. The molecule has 6 aromatic rings. The van der Waals surface area contributed by atoms with Crippen molar-refractivity contribution in [3.8, 4) is 0 Å². The van der Waals surface area contributed by atoms with Crippen LogP contribution in [0.3, 0.4) is 0 Å². The number of aliphatic hydroxyl groups excluding tert-OH is 20. The summed E-state index contributed by atoms with van der Waals surface area (Å²) in [6.07, 6.45) is -15.6. The first kappa shape index (κ1) is 100.0. The standard InChI is InChI=1S/C21H25NO4.C21H27NO3.C21H23NO2.2C6H11NO5.2C6H13NO4/c1-15-18(14-26-13-17-10-6-3-7-11-17)22(21(25)20(24)19(15)23)12-16-8-4-2-5-9-16;1-16-19(15-25-14-18-10-6-3-7-11-18)22(13-20(23)21(16)24)12-17-8-4-2-5-9-17;1-17-12-13-21(23)22(14-18-8-4-2-5-9-18)20(17)16-24-15-19-10-6-3-7-11-19;2*8-1-2-3(9)4(10)5(11)6(12)7-2;2*8-2-3-5(10)6(11)4(9)1-7-3/h2-11,15,18-20,23-24H,12-14H2,1H3;2-11,16,19-21,23-24H,12-15H2,1H3;2-13,17,20H,14-16H2,1H3;2*2-5,8-11H,1H2,(H,7,12);2*3-11H,1-2H2/t15?,18?,19-,20-;16?,19?,20-,21+;;2?,3?,4-,5-;2-,3-,4+,5+;3-,4-,5-,6-;/m01.011./s1. The summed E-state index contributed by atoms with van der Waals surface area (Å²) in [5, 5.41) is 194. The van der Waals surface area contributed by atoms with E-state index >= 15 is 0 Å². The summed E-state index contributed by atoms with van der Waals surface area (Å²) in [6, 6.07) is 56.9. The molecule has 34 heteroatoms. The van der Waals surface area contributed by atoms with Gasteiger partial charge in [-0.15, -0.1) is 0 Å². The molecule has 12 unspecified atom stereocenters. The summed E-state index contributed by atoms with van der Waals surface area (Å²) >= 11 is 0. The number of carbonyl (C=O) groups is 4. The molecule has 0 radical (unpaired) electrons. The Morgan fingerprint density at radius 1 is 0.339 bits per heavy atom. The lowest BCUT2D eigenvalue weighted by atomic mass is 9.86. The van der Waals surface area contributed by atoms with E-state index in [1.54, 1.807) is 11.0 Å². The van der Waals surface area contributed by atoms with Crippen molar-refractivity contribution >= 4 is 23.6 Å². The molecule has 6 saturated heterocycles. The van der Waals surface area contributed by atoms with E-state index in [-0.39, 0.29) is 68.1 Å². The third-order valence-corrected chi connectivity index (χ3v) is 22.1. The van der Waals surface area contributed by atoms with Crippen molar-refractivity contribution in [1.82, 2.24) is 36.0 Å². The van der Waals surface area contributed by atoms with Gasteiger partial charge in [-0.3, -0.25) is 24.1 Å². The second-order valence-corrected chi connectivity index (χ2v) is 30.9. The van der Waals surface area contributed by atoms with Gasteiger partial charge in [0.05, 0.1) is 145 Å². The van der Waals surface area contributed by atoms with Gasteiger partial charge in [-0.25, -0.2) is 0 Å². The predicted molar refractivity (Wildman–Crippen MR) is 439 cm³/mol. The largest absolute Gasteiger partial charge is 0.395 e. The highest BCUT2D eigenvalue weighted by Crippen LogP contribution is 2.30. The van der Waals surface area contributed by atoms with Gasteiger partial charge < -0.3 is 147 Å². The number of hydrogen-bond acceptors (Lipinski definition) is 30. The maximum atomic E-state index is 12.6. The molecule has 0 bridgehead atoms. The van der Waals surface area contributed by atoms with Gasteiger partial charge in [0.1, 0.15) is 36.6 Å². The molecule has 0 aromatic heterocycles. The van der Waals surface area contributed by atoms with Crippen LogP contribution in [0, 0.1) is 17.8 Å². The number of likely N-dealkylation sites (tertiary alicyclic amines) is 2. The lowest BCUT2D eigenvalue weighted by Gasteiger charge is -2.44. The maximum absolute atomic E-state index is 12.6. The highest BCUT2D eigenvalue weighted by Gasteiger charge is 2.47. The third kappa shape index (κ3) is 29.8. The van der Waals surface area contributed by atoms with E-state index in [0.717, 1.165) is 34.4 Å². The number of ether oxygens (including phenoxy) is 3. The molecule has 13 rings (SSSR count). The maximum Gasteiger partial charge on any atom is 0.254 e. The van der Waals surface area contributed by atoms with Gasteiger partial charge in [0.15, 0.2) is 18.3 Å². The summed E-state index contributed by atoms with van der Waals surface area (Å²) in [6.45, 7) is 10.1. The SMILES string of the molecule is CC1C(COCc2ccccc2)N(Cc2ccccc2)C(=O)[C@@H](O)[C@H]1O.CC1C(COCc2ccccc2)N(Cc2ccccc2)C[C@@H](O)[C@H]1O.CC1C=CC(=O)N(Cc2ccccc2)C1COCc1ccccc1.O=C1NC(CO)C(O)[C@H](O)[C@@H]1O.O=C1N[C@H](CO)[C@@H](O)[C@H](O)[C@@H]1O.OCC1NCC(O)C(O)C1O.OC[C@H]1NC[C@@H](O)[C@@H](O)[C@@H]1O. The topological polar surface area (TPSA) is 558 Å². The van der Waals surface area contributed by atoms with Crippen molar-refractivity contribution in [2.75, 3.05) is 65.9 Å². The Morgan fingerprint density at radius 2 is 0.661 bits per heavy atom. The lowest BCUT2D eigenvalue weighted by Crippen LogP contribution is -2.63. The summed E-state index contributed by atoms with van der Waals surface area (Å²) in [5.74, 6) is -2.02. The van der Waals surface area contributed by atoms with Gasteiger partial charge in [-0.2, -0.15) is 0 Å². The Hall–Kier alpha value is -8.10. The van der Waals surface area contributed by atoms with Crippen LogP contribution in [0.1, 0.15) is 54.2 Å². The molecule has 34 nitrogen and oxygen atoms in total. The van der Waals surface area contributed by atoms with Crippen LogP contribution in [0.5, 0.6) is 0 Å². The zero-order chi connectivity index (χ0) is 88.4. The van der Waals surface area contributed by atoms with Crippen LogP contribution in [0.2, 0.25) is 0 Å². The van der Waals surface area contributed by atoms with Gasteiger partial charge in [-0.05, 0) is 45.4 Å². The Kier molecular flexibility index (Phi) is 42.3. The van der Waals surface area contributed by atoms with Crippen molar-refractivity contribution in [2.24, 2.45) is 17.8 Å². The molecule has 6 aromatic carbocycles. The third-order valence-electron chi connectivity index (χ3n) is 22.1. The number of benzene rings is 6. The summed E-state index contributed by atoms with van der Waals surface area (Å²) in [4.78, 5) is 52.3. The van der Waals surface area contributed by atoms with Crippen molar-refractivity contribution in [3.63, 3.8) is 0 Å². The molecule has 7 heterocycles. The van der Waals surface area contributed by atoms with Crippen molar-refractivity contribution in [3.05, 3.63) is 228 Å². The van der Waals surface area contributed by atoms with Gasteiger partial charge in [0.25, 0.3) is 17.7 Å². The molecule has 0 spiro atoms. The summed E-state index contributed by atoms with van der Waals surface area (Å²) in [7, 11) is 0. The van der Waals surface area contributed by atoms with E-state index in [9.17, 15) is 49.8 Å². The highest BCUT2D eigenvalue weighted by atomic mass is 16.5. The summed E-state index contributed by atoms with van der Waals surface area (Å²) in [5.41, 5.74) is 6.66. The number of aliphatic hydroxyl groups is 20. The number of β-amino-alcohol motifs (C(OH)–C–C–N with tert-alkyl or cyclic N) is 3. The number of carbonyl (C=O) groups excluding carboxylic acids is 4. The van der Waals surface area contributed by atoms with Crippen LogP contribution in [0.4, 0.5) is 0 Å². The van der Waals surface area contributed by atoms with E-state index in [2.05, 4.69) is 69.5 Å². The Balaban J connectivity index is 0.000000201. The van der Waals surface area contributed by atoms with Crippen LogP contribution in [-0.4, -0.2) is 346 Å². The molecular weight excluding hydrogens is 1570 g/mol. The minimum atomic E-state index is -1.62. The zero-order valence-corrected chi connectivity index (χ0v) is 67.9. The van der Waals surface area contributed by atoms with Crippen LogP contribution < -0.4 is 21.3 Å². The fraction of sp³-hybridized carbons (Fsp3) is 0.517. The Labute approximate surface area is 703 Å². The minimum absolute atomic E-state index is 0.0526. The molecule has 668 valence electrons. The zero-order valence-electron chi connectivity index (χ0n) is 67.9. The normalized spacial score (nSPS) is 32.1. The van der Waals surface area contributed by atoms with Crippen LogP contribution in [0.15, 0.2) is 194 Å². The molecular formula is C87H123N7O27. The molecule has 121 heavy (non-hydrogen) atoms. The number of amides is 4. The number of rotatable bonds is 22. The van der Waals surface area contributed by atoms with Gasteiger partial charge >= 0.3 is 0 Å². The van der Waals surface area contributed by atoms with Gasteiger partial charge in [-0.1, -0.05) is 209 Å². The number of nitrogens with one attached hydrogen (secondary N) is 4. The van der Waals surface area contributed by atoms with Crippen LogP contribution in [-0.2, 0) is 72.8 Å². The smallest absolute Gasteiger partial charge is 0.254 e. The predicted octanol–water partition coefficient (Wildman–Crippen LogP) is -4.59. The quantitative estimate of drug-likeness (QED) is 0.0304. The molecule has 24 N–H and O–H groups in total. The monoisotopic (exact) mass is 1700 g/mol. The fourth-order valence-corrected chi connectivity index (χ4v) is 14.4. The highest BCUT2D eigenvalue weighted by molar-refractivity contribution is 5.89. The molecule has 0 aliphatic carbocycles. The first-order valence-electron chi connectivity index (χ1n) is 40.3. The van der Waals surface area contributed by atoms with Gasteiger partial charge in [0.2, 0.25) is 5.91 Å². The molecule has 7 aliphatic rings. The van der Waals surface area contributed by atoms with Crippen molar-refractivity contribution < 1.29 is 136 Å². The van der Waals surface area contributed by atoms with Crippen molar-refractivity contribution in [2.45, 2.75) is 200 Å². The lowest BCUT2D eigenvalue weighted by molar-refractivity contribution is -0.170. The van der Waals surface area contributed by atoms with E-state index in [1.165, 1.54) is 5.56 Å². The number of hydrogen-bond donors (Lipinski definition) is 24. The van der Waals surface area contributed by atoms with Crippen LogP contribution >= 0.6 is 0 Å². The van der Waals surface area contributed by atoms with Crippen molar-refractivity contribution in [1.29, 1.82) is 0 Å². The summed E-state index contributed by atoms with van der Waals surface area (Å²) < 4.78 is 17.7. The first-order valence-corrected chi connectivity index (χ1v) is 40.3. The number of nitrogens with zero attached hydrogens (tertiary/aromatic N) is 3. The minimum Gasteiger partial charge on any atom is -0.395 e. The van der Waals surface area contributed by atoms with Crippen LogP contribution in [0.25, 0.3) is 0 Å². The first-order chi connectivity index (χ1) is 57.9. The van der Waals surface area contributed by atoms with E-state index in [4.69, 9.17) is 85.7 Å². The van der Waals surface area contributed by atoms with Gasteiger partial charge in [0, 0.05) is 57.1 Å². The molecule has 6 fully saturated rings. The average Bonchev–Trinajstić information content (AvgIpc) is 0.794. The van der Waals surface area contributed by atoms with E-state index < -0.39 is 153 Å². The molecule has 4 amide bonds. The fourth-order valence-electron chi connectivity index (χ4n) is 14.4. The van der Waals surface area contributed by atoms with E-state index in [0.29, 0.717) is 59.3 Å². The molecule has 0 saturated carbocycles.